The molecular formula is C18H30N6O6S. The van der Waals surface area contributed by atoms with Gasteiger partial charge in [0, 0.05) is 24.1 Å². The number of imidazole rings is 1. The molecule has 1 aromatic rings. The minimum atomic E-state index is -1.34. The van der Waals surface area contributed by atoms with Crippen molar-refractivity contribution in [1.82, 2.24) is 25.9 Å². The fraction of sp³-hybridized carbons (Fsp3) is 0.611. The number of amides is 3. The van der Waals surface area contributed by atoms with E-state index in [0.29, 0.717) is 12.1 Å². The lowest BCUT2D eigenvalue weighted by molar-refractivity contribution is -0.142. The third-order valence-electron chi connectivity index (χ3n) is 4.74. The lowest BCUT2D eigenvalue weighted by atomic mass is 9.97. The van der Waals surface area contributed by atoms with Crippen molar-refractivity contribution in [2.24, 2.45) is 11.7 Å². The van der Waals surface area contributed by atoms with Crippen molar-refractivity contribution in [2.75, 3.05) is 12.4 Å². The predicted octanol–water partition coefficient (Wildman–Crippen LogP) is -2.21. The van der Waals surface area contributed by atoms with Crippen molar-refractivity contribution >= 4 is 36.3 Å². The van der Waals surface area contributed by atoms with Crippen LogP contribution in [0.5, 0.6) is 0 Å². The molecule has 174 valence electrons. The fourth-order valence-corrected chi connectivity index (χ4v) is 2.76. The second-order valence-electron chi connectivity index (χ2n) is 7.08. The molecule has 12 nitrogen and oxygen atoms in total. The molecule has 0 spiro atoms. The van der Waals surface area contributed by atoms with Gasteiger partial charge < -0.3 is 36.9 Å². The van der Waals surface area contributed by atoms with E-state index in [1.807, 2.05) is 0 Å². The molecule has 5 unspecified atom stereocenters. The van der Waals surface area contributed by atoms with Crippen molar-refractivity contribution in [3.8, 4) is 0 Å². The Morgan fingerprint density at radius 3 is 2.29 bits per heavy atom. The number of thiol groups is 1. The molecule has 0 aliphatic rings. The quantitative estimate of drug-likeness (QED) is 0.152. The summed E-state index contributed by atoms with van der Waals surface area (Å²) in [6.07, 6.45) is 3.30. The molecule has 8 N–H and O–H groups in total. The first kappa shape index (κ1) is 26.4. The summed E-state index contributed by atoms with van der Waals surface area (Å²) < 4.78 is 0. The van der Waals surface area contributed by atoms with Crippen LogP contribution in [0.2, 0.25) is 0 Å². The molecule has 0 aromatic carbocycles. The molecule has 3 amide bonds. The van der Waals surface area contributed by atoms with Crippen LogP contribution in [-0.4, -0.2) is 80.4 Å². The second kappa shape index (κ2) is 12.9. The highest BCUT2D eigenvalue weighted by Gasteiger charge is 2.32. The summed E-state index contributed by atoms with van der Waals surface area (Å²) in [6.45, 7) is 2.79. The lowest BCUT2D eigenvalue weighted by Crippen LogP contribution is -2.59. The van der Waals surface area contributed by atoms with E-state index < -0.39 is 54.5 Å². The highest BCUT2D eigenvalue weighted by Crippen LogP contribution is 2.10. The first-order valence-electron chi connectivity index (χ1n) is 9.72. The van der Waals surface area contributed by atoms with Gasteiger partial charge >= 0.3 is 5.97 Å². The summed E-state index contributed by atoms with van der Waals surface area (Å²) in [6, 6.07) is -4.65. The van der Waals surface area contributed by atoms with Crippen LogP contribution in [-0.2, 0) is 25.6 Å². The van der Waals surface area contributed by atoms with Crippen molar-refractivity contribution in [3.05, 3.63) is 18.2 Å². The van der Waals surface area contributed by atoms with Gasteiger partial charge in [0.2, 0.25) is 17.7 Å². The number of rotatable bonds is 13. The van der Waals surface area contributed by atoms with E-state index in [1.54, 1.807) is 13.8 Å². The van der Waals surface area contributed by atoms with Gasteiger partial charge in [0.25, 0.3) is 0 Å². The number of nitrogens with zero attached hydrogens (tertiary/aromatic N) is 1. The molecular weight excluding hydrogens is 428 g/mol. The molecule has 0 aliphatic heterocycles. The summed E-state index contributed by atoms with van der Waals surface area (Å²) >= 11 is 3.90. The number of carbonyl (C=O) groups excluding carboxylic acids is 3. The smallest absolute Gasteiger partial charge is 0.326 e. The Hall–Kier alpha value is -2.64. The van der Waals surface area contributed by atoms with E-state index in [9.17, 15) is 29.4 Å². The maximum atomic E-state index is 12.8. The molecule has 0 saturated carbocycles. The van der Waals surface area contributed by atoms with Crippen LogP contribution >= 0.6 is 12.6 Å². The van der Waals surface area contributed by atoms with E-state index in [4.69, 9.17) is 5.73 Å². The number of nitrogens with one attached hydrogen (secondary N) is 4. The Balaban J connectivity index is 2.90. The number of aliphatic carboxylic acids is 1. The molecule has 0 radical (unpaired) electrons. The number of nitrogens with two attached hydrogens (primary N) is 1. The molecule has 31 heavy (non-hydrogen) atoms. The molecule has 5 atom stereocenters. The Kier molecular flexibility index (Phi) is 11.0. The third-order valence-corrected chi connectivity index (χ3v) is 5.13. The molecule has 0 saturated heterocycles. The van der Waals surface area contributed by atoms with Crippen LogP contribution in [0, 0.1) is 5.92 Å². The van der Waals surface area contributed by atoms with Gasteiger partial charge in [-0.1, -0.05) is 20.3 Å². The van der Waals surface area contributed by atoms with Crippen LogP contribution < -0.4 is 21.7 Å². The largest absolute Gasteiger partial charge is 0.480 e. The van der Waals surface area contributed by atoms with Gasteiger partial charge in [-0.3, -0.25) is 14.4 Å². The topological polar surface area (TPSA) is 200 Å². The molecule has 1 rings (SSSR count). The standard InChI is InChI=1S/C18H30N6O6S/c1-3-9(2)14(24-16(27)13(6-25)23-15(26)11(19)7-31)17(28)22-12(18(29)30)4-10-5-20-8-21-10/h5,8-9,11-14,25,31H,3-4,6-7,19H2,1-2H3,(H,20,21)(H,22,28)(H,23,26)(H,24,27)(H,29,30). The van der Waals surface area contributed by atoms with E-state index in [2.05, 4.69) is 38.5 Å². The summed E-state index contributed by atoms with van der Waals surface area (Å²) in [4.78, 5) is 55.4. The molecule has 0 bridgehead atoms. The van der Waals surface area contributed by atoms with Crippen molar-refractivity contribution in [1.29, 1.82) is 0 Å². The van der Waals surface area contributed by atoms with E-state index in [-0.39, 0.29) is 18.1 Å². The number of hydrogen-bond donors (Lipinski definition) is 8. The maximum absolute atomic E-state index is 12.8. The minimum absolute atomic E-state index is 0.0286. The SMILES string of the molecule is CCC(C)C(NC(=O)C(CO)NC(=O)C(N)CS)C(=O)NC(Cc1cnc[nH]1)C(=O)O. The minimum Gasteiger partial charge on any atom is -0.480 e. The summed E-state index contributed by atoms with van der Waals surface area (Å²) in [5.41, 5.74) is 6.06. The Morgan fingerprint density at radius 2 is 1.81 bits per heavy atom. The van der Waals surface area contributed by atoms with Gasteiger partial charge in [-0.25, -0.2) is 9.78 Å². The highest BCUT2D eigenvalue weighted by molar-refractivity contribution is 7.80. The van der Waals surface area contributed by atoms with Crippen LogP contribution in [0.4, 0.5) is 0 Å². The normalized spacial score (nSPS) is 15.8. The monoisotopic (exact) mass is 458 g/mol. The van der Waals surface area contributed by atoms with Crippen molar-refractivity contribution in [3.63, 3.8) is 0 Å². The Morgan fingerprint density at radius 1 is 1.16 bits per heavy atom. The zero-order valence-corrected chi connectivity index (χ0v) is 18.3. The van der Waals surface area contributed by atoms with Gasteiger partial charge in [0.15, 0.2) is 0 Å². The molecule has 1 aromatic heterocycles. The number of carbonyl (C=O) groups is 4. The first-order valence-corrected chi connectivity index (χ1v) is 10.4. The molecule has 0 aliphatic carbocycles. The zero-order valence-electron chi connectivity index (χ0n) is 17.4. The lowest BCUT2D eigenvalue weighted by Gasteiger charge is -2.27. The van der Waals surface area contributed by atoms with E-state index in [1.165, 1.54) is 12.5 Å². The summed E-state index contributed by atoms with van der Waals surface area (Å²) in [5, 5.41) is 26.1. The molecule has 1 heterocycles. The van der Waals surface area contributed by atoms with Gasteiger partial charge in [-0.15, -0.1) is 0 Å². The van der Waals surface area contributed by atoms with Crippen LogP contribution in [0.15, 0.2) is 12.5 Å². The predicted molar refractivity (Wildman–Crippen MR) is 114 cm³/mol. The molecule has 13 heteroatoms. The van der Waals surface area contributed by atoms with Crippen LogP contribution in [0.25, 0.3) is 0 Å². The third kappa shape index (κ3) is 8.19. The maximum Gasteiger partial charge on any atom is 0.326 e. The number of aromatic nitrogens is 2. The van der Waals surface area contributed by atoms with Crippen LogP contribution in [0.1, 0.15) is 26.0 Å². The van der Waals surface area contributed by atoms with Crippen molar-refractivity contribution in [2.45, 2.75) is 50.9 Å². The number of hydrogen-bond acceptors (Lipinski definition) is 8. The second-order valence-corrected chi connectivity index (χ2v) is 7.45. The average Bonchev–Trinajstić information content (AvgIpc) is 3.26. The number of aliphatic hydroxyl groups excluding tert-OH is 1. The molecule has 0 fully saturated rings. The number of carboxylic acid groups (broad SMARTS) is 1. The summed E-state index contributed by atoms with van der Waals surface area (Å²) in [7, 11) is 0. The number of H-pyrrole nitrogens is 1. The zero-order chi connectivity index (χ0) is 23.6. The van der Waals surface area contributed by atoms with E-state index >= 15 is 0 Å². The van der Waals surface area contributed by atoms with Gasteiger partial charge in [0.1, 0.15) is 18.1 Å². The van der Waals surface area contributed by atoms with Gasteiger partial charge in [-0.2, -0.15) is 12.6 Å². The number of aromatic amines is 1. The van der Waals surface area contributed by atoms with Gasteiger partial charge in [0.05, 0.1) is 19.0 Å². The van der Waals surface area contributed by atoms with Crippen LogP contribution in [0.3, 0.4) is 0 Å². The Bertz CT molecular complexity index is 746. The fourth-order valence-electron chi connectivity index (χ4n) is 2.59. The number of aliphatic hydroxyl groups is 1. The average molecular weight is 459 g/mol. The van der Waals surface area contributed by atoms with Gasteiger partial charge in [-0.05, 0) is 5.92 Å². The van der Waals surface area contributed by atoms with E-state index in [0.717, 1.165) is 0 Å². The Labute approximate surface area is 185 Å². The summed E-state index contributed by atoms with van der Waals surface area (Å²) in [5.74, 6) is -3.76. The first-order chi connectivity index (χ1) is 14.6. The number of carboxylic acids is 1. The highest BCUT2D eigenvalue weighted by atomic mass is 32.1. The van der Waals surface area contributed by atoms with Crippen molar-refractivity contribution < 1.29 is 29.4 Å².